The number of nitrogens with two attached hydrogens (primary N) is 1. The second-order valence-electron chi connectivity index (χ2n) is 4.39. The number of alkyl halides is 3. The molecule has 0 spiro atoms. The summed E-state index contributed by atoms with van der Waals surface area (Å²) in [6.45, 7) is 0. The molecule has 0 unspecified atom stereocenters. The van der Waals surface area contributed by atoms with E-state index in [1.807, 2.05) is 0 Å². The quantitative estimate of drug-likeness (QED) is 0.706. The van der Waals surface area contributed by atoms with E-state index in [0.717, 1.165) is 12.1 Å². The minimum Gasteiger partial charge on any atom is -0.399 e. The van der Waals surface area contributed by atoms with Crippen LogP contribution in [0.5, 0.6) is 0 Å². The lowest BCUT2D eigenvalue weighted by molar-refractivity contribution is -0.137. The molecule has 2 aromatic carbocycles. The van der Waals surface area contributed by atoms with Gasteiger partial charge < -0.3 is 16.4 Å². The first-order valence-corrected chi connectivity index (χ1v) is 6.44. The number of nitrogen functional groups attached to an aromatic ring is 1. The second-order valence-corrected chi connectivity index (χ2v) is 4.80. The maximum absolute atomic E-state index is 12.7. The van der Waals surface area contributed by atoms with Gasteiger partial charge in [-0.25, -0.2) is 4.79 Å². The van der Waals surface area contributed by atoms with Crippen molar-refractivity contribution in [3.8, 4) is 0 Å². The van der Waals surface area contributed by atoms with Gasteiger partial charge in [0, 0.05) is 17.1 Å². The number of rotatable bonds is 2. The third-order valence-electron chi connectivity index (χ3n) is 2.70. The van der Waals surface area contributed by atoms with Crippen molar-refractivity contribution in [2.24, 2.45) is 0 Å². The molecule has 22 heavy (non-hydrogen) atoms. The van der Waals surface area contributed by atoms with E-state index in [1.54, 1.807) is 24.3 Å². The molecule has 0 atom stereocenters. The Morgan fingerprint density at radius 2 is 1.55 bits per heavy atom. The van der Waals surface area contributed by atoms with Crippen LogP contribution in [0.2, 0.25) is 5.02 Å². The molecule has 4 N–H and O–H groups in total. The summed E-state index contributed by atoms with van der Waals surface area (Å²) in [7, 11) is 0. The van der Waals surface area contributed by atoms with Crippen LogP contribution in [-0.4, -0.2) is 6.03 Å². The van der Waals surface area contributed by atoms with E-state index in [4.69, 9.17) is 17.3 Å². The number of carbonyl (C=O) groups is 1. The predicted octanol–water partition coefficient (Wildman–Crippen LogP) is 4.59. The number of amides is 2. The largest absolute Gasteiger partial charge is 0.417 e. The molecule has 0 saturated carbocycles. The molecule has 0 aliphatic heterocycles. The van der Waals surface area contributed by atoms with Gasteiger partial charge in [-0.05, 0) is 42.5 Å². The van der Waals surface area contributed by atoms with Crippen LogP contribution in [0, 0.1) is 0 Å². The molecule has 0 bridgehead atoms. The van der Waals surface area contributed by atoms with Crippen LogP contribution < -0.4 is 16.4 Å². The van der Waals surface area contributed by atoms with Crippen LogP contribution in [0.15, 0.2) is 42.5 Å². The van der Waals surface area contributed by atoms with Crippen molar-refractivity contribution in [1.82, 2.24) is 0 Å². The van der Waals surface area contributed by atoms with Crippen molar-refractivity contribution in [2.45, 2.75) is 6.18 Å². The molecule has 0 heterocycles. The average Bonchev–Trinajstić information content (AvgIpc) is 2.42. The third kappa shape index (κ3) is 4.05. The topological polar surface area (TPSA) is 67.1 Å². The Morgan fingerprint density at radius 1 is 1.00 bits per heavy atom. The number of anilines is 3. The minimum absolute atomic E-state index is 0.0235. The molecule has 2 amide bonds. The van der Waals surface area contributed by atoms with Gasteiger partial charge in [-0.15, -0.1) is 0 Å². The number of carbonyl (C=O) groups excluding carboxylic acids is 1. The number of hydrogen-bond acceptors (Lipinski definition) is 2. The van der Waals surface area contributed by atoms with Crippen molar-refractivity contribution in [3.05, 3.63) is 53.1 Å². The standard InChI is InChI=1S/C14H11ClF3N3O/c15-12-6-5-10(7-11(12)14(16,17)18)21-13(22)20-9-3-1-8(19)2-4-9/h1-7H,19H2,(H2,20,21,22). The second kappa shape index (κ2) is 6.15. The zero-order chi connectivity index (χ0) is 16.3. The summed E-state index contributed by atoms with van der Waals surface area (Å²) < 4.78 is 38.2. The highest BCUT2D eigenvalue weighted by Gasteiger charge is 2.33. The van der Waals surface area contributed by atoms with E-state index in [0.29, 0.717) is 11.4 Å². The van der Waals surface area contributed by atoms with Crippen molar-refractivity contribution in [2.75, 3.05) is 16.4 Å². The molecule has 0 aliphatic carbocycles. The molecule has 2 aromatic rings. The van der Waals surface area contributed by atoms with Gasteiger partial charge in [-0.2, -0.15) is 13.2 Å². The lowest BCUT2D eigenvalue weighted by atomic mass is 10.2. The monoisotopic (exact) mass is 329 g/mol. The fourth-order valence-electron chi connectivity index (χ4n) is 1.68. The highest BCUT2D eigenvalue weighted by atomic mass is 35.5. The zero-order valence-electron chi connectivity index (χ0n) is 11.0. The highest BCUT2D eigenvalue weighted by Crippen LogP contribution is 2.36. The van der Waals surface area contributed by atoms with Crippen LogP contribution in [-0.2, 0) is 6.18 Å². The Labute approximate surface area is 129 Å². The summed E-state index contributed by atoms with van der Waals surface area (Å²) in [5.74, 6) is 0. The smallest absolute Gasteiger partial charge is 0.399 e. The van der Waals surface area contributed by atoms with Gasteiger partial charge in [0.1, 0.15) is 0 Å². The van der Waals surface area contributed by atoms with Crippen LogP contribution in [0.3, 0.4) is 0 Å². The van der Waals surface area contributed by atoms with Crippen LogP contribution in [0.4, 0.5) is 35.0 Å². The van der Waals surface area contributed by atoms with E-state index in [2.05, 4.69) is 10.6 Å². The minimum atomic E-state index is -4.60. The predicted molar refractivity (Wildman–Crippen MR) is 79.9 cm³/mol. The maximum atomic E-state index is 12.7. The summed E-state index contributed by atoms with van der Waals surface area (Å²) in [5, 5.41) is 4.34. The highest BCUT2D eigenvalue weighted by molar-refractivity contribution is 6.31. The van der Waals surface area contributed by atoms with E-state index in [1.165, 1.54) is 6.07 Å². The Hall–Kier alpha value is -2.41. The van der Waals surface area contributed by atoms with Gasteiger partial charge in [-0.1, -0.05) is 11.6 Å². The van der Waals surface area contributed by atoms with Gasteiger partial charge in [0.2, 0.25) is 0 Å². The van der Waals surface area contributed by atoms with Crippen LogP contribution in [0.1, 0.15) is 5.56 Å². The maximum Gasteiger partial charge on any atom is 0.417 e. The lowest BCUT2D eigenvalue weighted by Gasteiger charge is -2.12. The first-order valence-electron chi connectivity index (χ1n) is 6.06. The molecule has 116 valence electrons. The van der Waals surface area contributed by atoms with Gasteiger partial charge in [0.05, 0.1) is 10.6 Å². The molecule has 0 aromatic heterocycles. The van der Waals surface area contributed by atoms with Crippen LogP contribution >= 0.6 is 11.6 Å². The number of nitrogens with one attached hydrogen (secondary N) is 2. The Morgan fingerprint density at radius 3 is 2.14 bits per heavy atom. The fraction of sp³-hybridized carbons (Fsp3) is 0.0714. The summed E-state index contributed by atoms with van der Waals surface area (Å²) >= 11 is 5.50. The number of hydrogen-bond donors (Lipinski definition) is 3. The molecule has 8 heteroatoms. The van der Waals surface area contributed by atoms with E-state index < -0.39 is 22.8 Å². The normalized spacial score (nSPS) is 11.1. The first kappa shape index (κ1) is 16.0. The number of urea groups is 1. The average molecular weight is 330 g/mol. The van der Waals surface area contributed by atoms with Gasteiger partial charge >= 0.3 is 12.2 Å². The van der Waals surface area contributed by atoms with Gasteiger partial charge in [0.15, 0.2) is 0 Å². The molecular formula is C14H11ClF3N3O. The fourth-order valence-corrected chi connectivity index (χ4v) is 1.90. The summed E-state index contributed by atoms with van der Waals surface area (Å²) in [4.78, 5) is 11.7. The zero-order valence-corrected chi connectivity index (χ0v) is 11.8. The number of benzene rings is 2. The Kier molecular flexibility index (Phi) is 4.46. The SMILES string of the molecule is Nc1ccc(NC(=O)Nc2ccc(Cl)c(C(F)(F)F)c2)cc1. The summed E-state index contributed by atoms with van der Waals surface area (Å²) in [6, 6.07) is 8.74. The van der Waals surface area contributed by atoms with Gasteiger partial charge in [-0.3, -0.25) is 0 Å². The van der Waals surface area contributed by atoms with Crippen molar-refractivity contribution >= 4 is 34.7 Å². The molecule has 2 rings (SSSR count). The van der Waals surface area contributed by atoms with Crippen molar-refractivity contribution in [1.29, 1.82) is 0 Å². The number of halogens is 4. The molecule has 0 radical (unpaired) electrons. The Bertz CT molecular complexity index is 687. The van der Waals surface area contributed by atoms with Gasteiger partial charge in [0.25, 0.3) is 0 Å². The molecule has 0 aliphatic rings. The van der Waals surface area contributed by atoms with Crippen molar-refractivity contribution in [3.63, 3.8) is 0 Å². The van der Waals surface area contributed by atoms with Crippen molar-refractivity contribution < 1.29 is 18.0 Å². The van der Waals surface area contributed by atoms with E-state index in [-0.39, 0.29) is 5.69 Å². The van der Waals surface area contributed by atoms with Crippen LogP contribution in [0.25, 0.3) is 0 Å². The third-order valence-corrected chi connectivity index (χ3v) is 3.03. The molecular weight excluding hydrogens is 319 g/mol. The molecule has 4 nitrogen and oxygen atoms in total. The Balaban J connectivity index is 2.10. The molecule has 0 fully saturated rings. The van der Waals surface area contributed by atoms with E-state index in [9.17, 15) is 18.0 Å². The van der Waals surface area contributed by atoms with E-state index >= 15 is 0 Å². The molecule has 0 saturated heterocycles. The lowest BCUT2D eigenvalue weighted by Crippen LogP contribution is -2.19. The summed E-state index contributed by atoms with van der Waals surface area (Å²) in [6.07, 6.45) is -4.60. The summed E-state index contributed by atoms with van der Waals surface area (Å²) in [5.41, 5.74) is 5.45. The first-order chi connectivity index (χ1) is 10.3.